The van der Waals surface area contributed by atoms with Crippen molar-refractivity contribution in [2.24, 2.45) is 0 Å². The van der Waals surface area contributed by atoms with E-state index in [0.29, 0.717) is 11.7 Å². The van der Waals surface area contributed by atoms with Crippen LogP contribution >= 0.6 is 0 Å². The number of urea groups is 1. The van der Waals surface area contributed by atoms with Gasteiger partial charge in [-0.2, -0.15) is 0 Å². The highest BCUT2D eigenvalue weighted by molar-refractivity contribution is 6.13. The fourth-order valence-corrected chi connectivity index (χ4v) is 3.02. The molecule has 2 fully saturated rings. The number of aryl methyl sites for hydroxylation is 1. The van der Waals surface area contributed by atoms with Crippen LogP contribution in [0.1, 0.15) is 25.3 Å². The fraction of sp³-hybridized carbons (Fsp3) is 0.500. The predicted molar refractivity (Wildman–Crippen MR) is 93.1 cm³/mol. The first kappa shape index (κ1) is 17.4. The third kappa shape index (κ3) is 3.82. The Hall–Kier alpha value is -2.41. The van der Waals surface area contributed by atoms with Gasteiger partial charge in [0.1, 0.15) is 6.04 Å². The van der Waals surface area contributed by atoms with Gasteiger partial charge in [-0.15, -0.1) is 0 Å². The Bertz CT molecular complexity index is 684. The molecule has 134 valence electrons. The first-order valence-corrected chi connectivity index (χ1v) is 8.68. The zero-order valence-corrected chi connectivity index (χ0v) is 14.9. The van der Waals surface area contributed by atoms with Crippen molar-refractivity contribution < 1.29 is 19.3 Å². The van der Waals surface area contributed by atoms with Gasteiger partial charge in [-0.05, 0) is 38.8 Å². The second-order valence-electron chi connectivity index (χ2n) is 7.06. The summed E-state index contributed by atoms with van der Waals surface area (Å²) >= 11 is 0. The smallest absolute Gasteiger partial charge is 0.336 e. The molecule has 1 heterocycles. The molecule has 2 aliphatic rings. The van der Waals surface area contributed by atoms with Crippen molar-refractivity contribution >= 4 is 23.5 Å². The van der Waals surface area contributed by atoms with E-state index in [2.05, 4.69) is 5.32 Å². The summed E-state index contributed by atoms with van der Waals surface area (Å²) in [5, 5.41) is 2.92. The number of imide groups is 1. The molecule has 4 amide bonds. The minimum Gasteiger partial charge on any atom is -0.348 e. The van der Waals surface area contributed by atoms with E-state index in [-0.39, 0.29) is 31.1 Å². The maximum Gasteiger partial charge on any atom is 0.336 e. The van der Waals surface area contributed by atoms with E-state index in [1.807, 2.05) is 38.2 Å². The van der Waals surface area contributed by atoms with Gasteiger partial charge in [0.15, 0.2) is 13.2 Å². The van der Waals surface area contributed by atoms with Gasteiger partial charge < -0.3 is 10.2 Å². The maximum absolute atomic E-state index is 12.7. The molecule has 1 unspecified atom stereocenters. The van der Waals surface area contributed by atoms with Crippen molar-refractivity contribution in [2.45, 2.75) is 38.8 Å². The molecule has 0 radical (unpaired) electrons. The Morgan fingerprint density at radius 1 is 1.24 bits per heavy atom. The van der Waals surface area contributed by atoms with E-state index in [1.54, 1.807) is 6.92 Å². The third-order valence-corrected chi connectivity index (χ3v) is 4.59. The number of quaternary nitrogens is 1. The van der Waals surface area contributed by atoms with Gasteiger partial charge in [0.05, 0.1) is 7.05 Å². The second kappa shape index (κ2) is 6.84. The van der Waals surface area contributed by atoms with Gasteiger partial charge in [-0.3, -0.25) is 14.5 Å². The monoisotopic (exact) mass is 345 g/mol. The van der Waals surface area contributed by atoms with Gasteiger partial charge in [-0.1, -0.05) is 17.7 Å². The molecule has 1 aliphatic heterocycles. The Balaban J connectivity index is 1.65. The number of nitrogens with one attached hydrogen (secondary N) is 2. The fourth-order valence-electron chi connectivity index (χ4n) is 3.02. The van der Waals surface area contributed by atoms with Gasteiger partial charge >= 0.3 is 6.03 Å². The Kier molecular flexibility index (Phi) is 4.76. The highest BCUT2D eigenvalue weighted by Crippen LogP contribution is 2.25. The SMILES string of the molecule is Cc1ccc(N2C(=O)N(C[NH+](C)CC(=O)NC3CC3)C(=O)[C@H]2C)cc1. The van der Waals surface area contributed by atoms with Crippen molar-refractivity contribution in [1.29, 1.82) is 0 Å². The van der Waals surface area contributed by atoms with Crippen LogP contribution in [0, 0.1) is 6.92 Å². The molecule has 1 aromatic rings. The molecule has 2 atom stereocenters. The lowest BCUT2D eigenvalue weighted by Crippen LogP contribution is -3.12. The van der Waals surface area contributed by atoms with E-state index in [1.165, 1.54) is 9.80 Å². The zero-order valence-electron chi connectivity index (χ0n) is 14.9. The standard InChI is InChI=1S/C18H24N4O3/c1-12-4-8-15(9-5-12)22-13(2)17(24)21(18(22)25)11-20(3)10-16(23)19-14-6-7-14/h4-5,8-9,13-14H,6-7,10-11H2,1-3H3,(H,19,23)/p+1/t13-/m1/s1. The van der Waals surface area contributed by atoms with E-state index in [9.17, 15) is 14.4 Å². The van der Waals surface area contributed by atoms with E-state index in [0.717, 1.165) is 23.3 Å². The van der Waals surface area contributed by atoms with Crippen molar-refractivity contribution in [3.8, 4) is 0 Å². The van der Waals surface area contributed by atoms with Crippen LogP contribution in [0.5, 0.6) is 0 Å². The average molecular weight is 345 g/mol. The van der Waals surface area contributed by atoms with Crippen LogP contribution in [0.15, 0.2) is 24.3 Å². The van der Waals surface area contributed by atoms with Crippen LogP contribution in [-0.2, 0) is 9.59 Å². The van der Waals surface area contributed by atoms with Crippen molar-refractivity contribution in [3.63, 3.8) is 0 Å². The lowest BCUT2D eigenvalue weighted by molar-refractivity contribution is -0.879. The second-order valence-corrected chi connectivity index (χ2v) is 7.06. The van der Waals surface area contributed by atoms with Gasteiger partial charge in [0.2, 0.25) is 0 Å². The third-order valence-electron chi connectivity index (χ3n) is 4.59. The van der Waals surface area contributed by atoms with E-state index < -0.39 is 6.04 Å². The number of hydrogen-bond donors (Lipinski definition) is 2. The van der Waals surface area contributed by atoms with Crippen LogP contribution in [-0.4, -0.2) is 55.1 Å². The lowest BCUT2D eigenvalue weighted by atomic mass is 10.2. The molecule has 25 heavy (non-hydrogen) atoms. The van der Waals surface area contributed by atoms with E-state index >= 15 is 0 Å². The summed E-state index contributed by atoms with van der Waals surface area (Å²) in [4.78, 5) is 40.7. The van der Waals surface area contributed by atoms with Crippen LogP contribution in [0.2, 0.25) is 0 Å². The highest BCUT2D eigenvalue weighted by atomic mass is 16.2. The molecule has 1 aliphatic carbocycles. The number of rotatable bonds is 6. The molecular formula is C18H25N4O3+. The molecule has 0 spiro atoms. The number of likely N-dealkylation sites (N-methyl/N-ethyl adjacent to an activating group) is 1. The van der Waals surface area contributed by atoms with Gasteiger partial charge in [0, 0.05) is 11.7 Å². The molecule has 1 saturated heterocycles. The number of amides is 4. The van der Waals surface area contributed by atoms with Gasteiger partial charge in [-0.25, -0.2) is 9.69 Å². The van der Waals surface area contributed by atoms with Crippen molar-refractivity contribution in [2.75, 3.05) is 25.2 Å². The Morgan fingerprint density at radius 3 is 2.48 bits per heavy atom. The summed E-state index contributed by atoms with van der Waals surface area (Å²) in [6, 6.07) is 6.98. The van der Waals surface area contributed by atoms with Crippen LogP contribution in [0.3, 0.4) is 0 Å². The van der Waals surface area contributed by atoms with Crippen LogP contribution < -0.4 is 15.1 Å². The minimum absolute atomic E-state index is 0.0393. The molecule has 0 bridgehead atoms. The van der Waals surface area contributed by atoms with Crippen molar-refractivity contribution in [3.05, 3.63) is 29.8 Å². The topological polar surface area (TPSA) is 74.2 Å². The Morgan fingerprint density at radius 2 is 1.88 bits per heavy atom. The summed E-state index contributed by atoms with van der Waals surface area (Å²) in [5.41, 5.74) is 1.81. The summed E-state index contributed by atoms with van der Waals surface area (Å²) in [7, 11) is 1.81. The number of hydrogen-bond acceptors (Lipinski definition) is 3. The first-order chi connectivity index (χ1) is 11.9. The molecule has 2 N–H and O–H groups in total. The summed E-state index contributed by atoms with van der Waals surface area (Å²) < 4.78 is 0. The van der Waals surface area contributed by atoms with E-state index in [4.69, 9.17) is 0 Å². The number of anilines is 1. The molecule has 1 aromatic carbocycles. The summed E-state index contributed by atoms with van der Waals surface area (Å²) in [6.07, 6.45) is 2.08. The molecule has 1 saturated carbocycles. The molecular weight excluding hydrogens is 320 g/mol. The van der Waals surface area contributed by atoms with Crippen molar-refractivity contribution in [1.82, 2.24) is 10.2 Å². The molecule has 0 aromatic heterocycles. The first-order valence-electron chi connectivity index (χ1n) is 8.68. The Labute approximate surface area is 147 Å². The number of nitrogens with zero attached hydrogens (tertiary/aromatic N) is 2. The lowest BCUT2D eigenvalue weighted by Gasteiger charge is -2.21. The van der Waals surface area contributed by atoms with Gasteiger partial charge in [0.25, 0.3) is 11.8 Å². The quantitative estimate of drug-likeness (QED) is 0.708. The average Bonchev–Trinajstić information content (AvgIpc) is 3.34. The zero-order chi connectivity index (χ0) is 18.1. The number of carbonyl (C=O) groups excluding carboxylic acids is 3. The minimum atomic E-state index is -0.539. The molecule has 7 nitrogen and oxygen atoms in total. The molecule has 3 rings (SSSR count). The number of carbonyl (C=O) groups is 3. The highest BCUT2D eigenvalue weighted by Gasteiger charge is 2.44. The van der Waals surface area contributed by atoms with Crippen LogP contribution in [0.4, 0.5) is 10.5 Å². The van der Waals surface area contributed by atoms with Crippen LogP contribution in [0.25, 0.3) is 0 Å². The predicted octanol–water partition coefficient (Wildman–Crippen LogP) is -0.0971. The largest absolute Gasteiger partial charge is 0.348 e. The maximum atomic E-state index is 12.7. The normalized spacial score (nSPS) is 21.6. The molecule has 7 heteroatoms. The summed E-state index contributed by atoms with van der Waals surface area (Å²) in [6.45, 7) is 4.13. The number of benzene rings is 1. The summed E-state index contributed by atoms with van der Waals surface area (Å²) in [5.74, 6) is -0.268.